The largest absolute Gasteiger partial charge is 0.394 e. The first-order valence-electron chi connectivity index (χ1n) is 8.79. The highest BCUT2D eigenvalue weighted by atomic mass is 32.2. The van der Waals surface area contributed by atoms with E-state index in [4.69, 9.17) is 16.5 Å². The van der Waals surface area contributed by atoms with Crippen LogP contribution in [0.3, 0.4) is 0 Å². The summed E-state index contributed by atoms with van der Waals surface area (Å²) in [5.74, 6) is 0.650. The van der Waals surface area contributed by atoms with Crippen molar-refractivity contribution in [3.63, 3.8) is 0 Å². The van der Waals surface area contributed by atoms with Crippen LogP contribution >= 0.6 is 11.8 Å². The summed E-state index contributed by atoms with van der Waals surface area (Å²) < 4.78 is 0. The summed E-state index contributed by atoms with van der Waals surface area (Å²) in [5, 5.41) is 3.46. The van der Waals surface area contributed by atoms with Gasteiger partial charge in [0.25, 0.3) is 5.91 Å². The molecule has 1 aromatic rings. The Morgan fingerprint density at radius 2 is 2.04 bits per heavy atom. The van der Waals surface area contributed by atoms with Gasteiger partial charge in [-0.1, -0.05) is 18.7 Å². The number of piperidine rings is 1. The van der Waals surface area contributed by atoms with Gasteiger partial charge in [-0.15, -0.1) is 0 Å². The third-order valence-electron chi connectivity index (χ3n) is 4.36. The molecule has 0 bridgehead atoms. The van der Waals surface area contributed by atoms with Crippen LogP contribution in [0.15, 0.2) is 38.8 Å². The average molecular weight is 359 g/mol. The van der Waals surface area contributed by atoms with Crippen LogP contribution in [0.25, 0.3) is 0 Å². The number of carbonyl (C=O) groups excluding carboxylic acids is 1. The van der Waals surface area contributed by atoms with E-state index in [0.717, 1.165) is 48.8 Å². The quantitative estimate of drug-likeness (QED) is 0.770. The molecule has 2 aliphatic rings. The lowest BCUT2D eigenvalue weighted by molar-refractivity contribution is 0.0953. The van der Waals surface area contributed by atoms with Crippen LogP contribution in [0.1, 0.15) is 43.0 Å². The Balaban J connectivity index is 1.96. The fraction of sp³-hybridized carbons (Fsp3) is 0.444. The van der Waals surface area contributed by atoms with Crippen molar-refractivity contribution in [1.82, 2.24) is 10.2 Å². The maximum Gasteiger partial charge on any atom is 0.251 e. The maximum absolute atomic E-state index is 12.3. The number of aliphatic imine (C=N–C) groups is 1. The number of likely N-dealkylation sites (tertiary alicyclic amines) is 1. The third kappa shape index (κ3) is 3.92. The van der Waals surface area contributed by atoms with Crippen molar-refractivity contribution in [2.75, 3.05) is 19.6 Å². The summed E-state index contributed by atoms with van der Waals surface area (Å²) in [6.45, 7) is 4.56. The molecule has 6 nitrogen and oxygen atoms in total. The monoisotopic (exact) mass is 359 g/mol. The van der Waals surface area contributed by atoms with E-state index in [1.807, 2.05) is 25.1 Å². The number of rotatable bonds is 3. The highest BCUT2D eigenvalue weighted by Gasteiger charge is 2.23. The number of thioether (sulfide) groups is 1. The van der Waals surface area contributed by atoms with E-state index in [-0.39, 0.29) is 5.91 Å². The van der Waals surface area contributed by atoms with Crippen LogP contribution in [-0.2, 0) is 0 Å². The predicted octanol–water partition coefficient (Wildman–Crippen LogP) is 2.53. The van der Waals surface area contributed by atoms with E-state index in [1.165, 1.54) is 18.2 Å². The second-order valence-electron chi connectivity index (χ2n) is 6.30. The Labute approximate surface area is 152 Å². The van der Waals surface area contributed by atoms with E-state index in [0.29, 0.717) is 22.8 Å². The van der Waals surface area contributed by atoms with Crippen molar-refractivity contribution in [3.05, 3.63) is 34.5 Å². The Morgan fingerprint density at radius 3 is 2.76 bits per heavy atom. The molecule has 0 aliphatic carbocycles. The molecular formula is C18H25N5OS. The van der Waals surface area contributed by atoms with E-state index in [9.17, 15) is 4.79 Å². The number of nitrogens with zero attached hydrogens (tertiary/aromatic N) is 2. The van der Waals surface area contributed by atoms with Gasteiger partial charge in [-0.3, -0.25) is 4.79 Å². The standard InChI is InChI=1S/C18H25N5OS/c1-2-8-21-18(24)12-6-7-14-13(11-12)22-17(15(19)16(20)25-14)23-9-4-3-5-10-23/h6-7,11H,2-5,8-10,19-20H2,1H3,(H,21,24). The predicted molar refractivity (Wildman–Crippen MR) is 103 cm³/mol. The van der Waals surface area contributed by atoms with Crippen LogP contribution in [0.4, 0.5) is 5.69 Å². The van der Waals surface area contributed by atoms with Gasteiger partial charge in [0.2, 0.25) is 0 Å². The highest BCUT2D eigenvalue weighted by Crippen LogP contribution is 2.37. The molecule has 0 aromatic heterocycles. The lowest BCUT2D eigenvalue weighted by Crippen LogP contribution is -2.39. The van der Waals surface area contributed by atoms with Gasteiger partial charge in [-0.25, -0.2) is 4.99 Å². The summed E-state index contributed by atoms with van der Waals surface area (Å²) in [6.07, 6.45) is 4.40. The Hall–Kier alpha value is -2.15. The van der Waals surface area contributed by atoms with Crippen LogP contribution in [-0.4, -0.2) is 36.3 Å². The minimum Gasteiger partial charge on any atom is -0.394 e. The molecule has 0 unspecified atom stereocenters. The third-order valence-corrected chi connectivity index (χ3v) is 5.37. The molecule has 134 valence electrons. The molecule has 2 heterocycles. The summed E-state index contributed by atoms with van der Waals surface area (Å²) in [7, 11) is 0. The SMILES string of the molecule is CCCNC(=O)c1ccc2c(c1)N=C(N1CCCCC1)C(N)=C(N)S2. The van der Waals surface area contributed by atoms with Gasteiger partial charge in [0.1, 0.15) is 5.70 Å². The number of amides is 1. The molecule has 7 heteroatoms. The number of hydrogen-bond acceptors (Lipinski definition) is 6. The zero-order valence-electron chi connectivity index (χ0n) is 14.5. The number of nitrogens with two attached hydrogens (primary N) is 2. The zero-order valence-corrected chi connectivity index (χ0v) is 15.4. The van der Waals surface area contributed by atoms with Gasteiger partial charge in [0, 0.05) is 30.1 Å². The van der Waals surface area contributed by atoms with Crippen molar-refractivity contribution in [3.8, 4) is 0 Å². The van der Waals surface area contributed by atoms with Gasteiger partial charge in [0.05, 0.1) is 10.7 Å². The molecule has 0 spiro atoms. The van der Waals surface area contributed by atoms with Gasteiger partial charge in [0.15, 0.2) is 5.84 Å². The summed E-state index contributed by atoms with van der Waals surface area (Å²) >= 11 is 1.41. The zero-order chi connectivity index (χ0) is 17.8. The number of nitrogens with one attached hydrogen (secondary N) is 1. The Morgan fingerprint density at radius 1 is 1.28 bits per heavy atom. The van der Waals surface area contributed by atoms with Crippen molar-refractivity contribution < 1.29 is 4.79 Å². The lowest BCUT2D eigenvalue weighted by atomic mass is 10.1. The van der Waals surface area contributed by atoms with Gasteiger partial charge in [-0.2, -0.15) is 0 Å². The van der Waals surface area contributed by atoms with E-state index in [2.05, 4.69) is 10.2 Å². The van der Waals surface area contributed by atoms with Crippen molar-refractivity contribution in [2.24, 2.45) is 16.5 Å². The normalized spacial score (nSPS) is 17.6. The molecule has 1 saturated heterocycles. The summed E-state index contributed by atoms with van der Waals surface area (Å²) in [4.78, 5) is 20.2. The molecule has 1 amide bonds. The van der Waals surface area contributed by atoms with E-state index in [1.54, 1.807) is 0 Å². The van der Waals surface area contributed by atoms with Crippen molar-refractivity contribution in [1.29, 1.82) is 0 Å². The highest BCUT2D eigenvalue weighted by molar-refractivity contribution is 8.03. The molecule has 0 saturated carbocycles. The number of amidine groups is 1. The van der Waals surface area contributed by atoms with Crippen LogP contribution in [0.2, 0.25) is 0 Å². The Kier molecular flexibility index (Phi) is 5.53. The van der Waals surface area contributed by atoms with Gasteiger partial charge < -0.3 is 21.7 Å². The van der Waals surface area contributed by atoms with Crippen molar-refractivity contribution >= 4 is 29.2 Å². The molecule has 25 heavy (non-hydrogen) atoms. The minimum absolute atomic E-state index is 0.0810. The van der Waals surface area contributed by atoms with Crippen LogP contribution in [0, 0.1) is 0 Å². The van der Waals surface area contributed by atoms with E-state index < -0.39 is 0 Å². The summed E-state index contributed by atoms with van der Waals surface area (Å²) in [6, 6.07) is 5.52. The molecular weight excluding hydrogens is 334 g/mol. The molecule has 2 aliphatic heterocycles. The first kappa shape index (κ1) is 17.7. The number of carbonyl (C=O) groups is 1. The summed E-state index contributed by atoms with van der Waals surface area (Å²) in [5.41, 5.74) is 14.3. The Bertz CT molecular complexity index is 722. The molecule has 0 radical (unpaired) electrons. The van der Waals surface area contributed by atoms with E-state index >= 15 is 0 Å². The molecule has 1 aromatic carbocycles. The smallest absolute Gasteiger partial charge is 0.251 e. The fourth-order valence-electron chi connectivity index (χ4n) is 2.98. The first-order valence-corrected chi connectivity index (χ1v) is 9.61. The fourth-order valence-corrected chi connectivity index (χ4v) is 3.76. The van der Waals surface area contributed by atoms with Crippen LogP contribution < -0.4 is 16.8 Å². The molecule has 3 rings (SSSR count). The second-order valence-corrected chi connectivity index (χ2v) is 7.39. The van der Waals surface area contributed by atoms with Crippen LogP contribution in [0.5, 0.6) is 0 Å². The van der Waals surface area contributed by atoms with Gasteiger partial charge >= 0.3 is 0 Å². The minimum atomic E-state index is -0.0810. The topological polar surface area (TPSA) is 96.7 Å². The first-order chi connectivity index (χ1) is 12.1. The molecule has 1 fully saturated rings. The molecule has 0 atom stereocenters. The molecule has 5 N–H and O–H groups in total. The van der Waals surface area contributed by atoms with Gasteiger partial charge in [-0.05, 0) is 43.9 Å². The number of hydrogen-bond donors (Lipinski definition) is 3. The van der Waals surface area contributed by atoms with Crippen molar-refractivity contribution in [2.45, 2.75) is 37.5 Å². The second kappa shape index (κ2) is 7.82. The lowest BCUT2D eigenvalue weighted by Gasteiger charge is -2.29. The number of fused-ring (bicyclic) bond motifs is 1. The maximum atomic E-state index is 12.3. The number of benzene rings is 1. The average Bonchev–Trinajstić information content (AvgIpc) is 2.76.